The van der Waals surface area contributed by atoms with Crippen LogP contribution in [0.3, 0.4) is 0 Å². The van der Waals surface area contributed by atoms with Gasteiger partial charge in [0.25, 0.3) is 0 Å². The van der Waals surface area contributed by atoms with Gasteiger partial charge in [-0.25, -0.2) is 0 Å². The zero-order chi connectivity index (χ0) is 16.2. The summed E-state index contributed by atoms with van der Waals surface area (Å²) in [5.41, 5.74) is 1.69. The highest BCUT2D eigenvalue weighted by molar-refractivity contribution is 8.00. The first-order chi connectivity index (χ1) is 11.1. The van der Waals surface area contributed by atoms with Crippen LogP contribution in [0.15, 0.2) is 65.7 Å². The number of fused-ring (bicyclic) bond motifs is 1. The molecule has 0 aliphatic heterocycles. The molecular formula is C18H15ClN2OS. The maximum absolute atomic E-state index is 12.3. The zero-order valence-electron chi connectivity index (χ0n) is 12.5. The summed E-state index contributed by atoms with van der Waals surface area (Å²) in [6.45, 7) is 1.89. The van der Waals surface area contributed by atoms with Gasteiger partial charge in [-0.3, -0.25) is 9.78 Å². The molecule has 1 heterocycles. The molecule has 23 heavy (non-hydrogen) atoms. The number of aromatic nitrogens is 1. The third-order valence-electron chi connectivity index (χ3n) is 3.37. The van der Waals surface area contributed by atoms with Crippen LogP contribution in [0, 0.1) is 0 Å². The predicted octanol–water partition coefficient (Wildman–Crippen LogP) is 5.01. The van der Waals surface area contributed by atoms with E-state index in [2.05, 4.69) is 10.3 Å². The van der Waals surface area contributed by atoms with E-state index in [0.717, 1.165) is 21.5 Å². The van der Waals surface area contributed by atoms with Crippen LogP contribution in [0.4, 0.5) is 5.69 Å². The lowest BCUT2D eigenvalue weighted by Crippen LogP contribution is -2.22. The molecule has 0 bridgehead atoms. The van der Waals surface area contributed by atoms with Crippen LogP contribution in [-0.2, 0) is 4.79 Å². The second-order valence-electron chi connectivity index (χ2n) is 5.11. The fraction of sp³-hybridized carbons (Fsp3) is 0.111. The van der Waals surface area contributed by atoms with E-state index in [1.165, 1.54) is 11.8 Å². The topological polar surface area (TPSA) is 42.0 Å². The van der Waals surface area contributed by atoms with Gasteiger partial charge < -0.3 is 5.32 Å². The van der Waals surface area contributed by atoms with E-state index in [-0.39, 0.29) is 11.2 Å². The Hall–Kier alpha value is -2.04. The van der Waals surface area contributed by atoms with E-state index in [4.69, 9.17) is 11.6 Å². The minimum atomic E-state index is -0.208. The summed E-state index contributed by atoms with van der Waals surface area (Å²) in [6, 6.07) is 17.0. The van der Waals surface area contributed by atoms with Gasteiger partial charge in [0.05, 0.1) is 10.8 Å². The Kier molecular flexibility index (Phi) is 4.84. The number of hydrogen-bond acceptors (Lipinski definition) is 3. The zero-order valence-corrected chi connectivity index (χ0v) is 14.1. The molecule has 0 saturated carbocycles. The maximum atomic E-state index is 12.3. The highest BCUT2D eigenvalue weighted by Gasteiger charge is 2.14. The first-order valence-corrected chi connectivity index (χ1v) is 8.45. The third-order valence-corrected chi connectivity index (χ3v) is 4.73. The molecule has 1 aromatic heterocycles. The van der Waals surface area contributed by atoms with E-state index in [0.29, 0.717) is 5.02 Å². The molecule has 3 aromatic rings. The van der Waals surface area contributed by atoms with Crippen molar-refractivity contribution in [2.24, 2.45) is 0 Å². The van der Waals surface area contributed by atoms with E-state index < -0.39 is 0 Å². The SMILES string of the molecule is CC(Sc1ccc(Cl)cc1)C(=O)Nc1ccc2ncccc2c1. The molecular weight excluding hydrogens is 328 g/mol. The van der Waals surface area contributed by atoms with Crippen LogP contribution in [0.25, 0.3) is 10.9 Å². The lowest BCUT2D eigenvalue weighted by atomic mass is 10.2. The summed E-state index contributed by atoms with van der Waals surface area (Å²) in [6.07, 6.45) is 1.76. The number of halogens is 1. The van der Waals surface area contributed by atoms with Gasteiger partial charge in [0.15, 0.2) is 0 Å². The molecule has 0 saturated heterocycles. The number of benzene rings is 2. The van der Waals surface area contributed by atoms with Crippen LogP contribution < -0.4 is 5.32 Å². The molecule has 0 spiro atoms. The summed E-state index contributed by atoms with van der Waals surface area (Å²) in [7, 11) is 0. The normalized spacial score (nSPS) is 12.1. The number of carbonyl (C=O) groups excluding carboxylic acids is 1. The Morgan fingerprint density at radius 1 is 1.17 bits per heavy atom. The molecule has 3 rings (SSSR count). The average molecular weight is 343 g/mol. The van der Waals surface area contributed by atoms with Crippen molar-refractivity contribution >= 4 is 45.9 Å². The number of nitrogens with one attached hydrogen (secondary N) is 1. The Morgan fingerprint density at radius 3 is 2.74 bits per heavy atom. The number of hydrogen-bond donors (Lipinski definition) is 1. The van der Waals surface area contributed by atoms with Gasteiger partial charge >= 0.3 is 0 Å². The molecule has 0 radical (unpaired) electrons. The standard InChI is InChI=1S/C18H15ClN2OS/c1-12(23-16-7-4-14(19)5-8-16)18(22)21-15-6-9-17-13(11-15)3-2-10-20-17/h2-12H,1H3,(H,21,22). The van der Waals surface area contributed by atoms with Crippen molar-refractivity contribution in [3.05, 3.63) is 65.8 Å². The maximum Gasteiger partial charge on any atom is 0.237 e. The van der Waals surface area contributed by atoms with Crippen molar-refractivity contribution in [1.82, 2.24) is 4.98 Å². The summed E-state index contributed by atoms with van der Waals surface area (Å²) < 4.78 is 0. The van der Waals surface area contributed by atoms with Crippen LogP contribution in [0.2, 0.25) is 5.02 Å². The highest BCUT2D eigenvalue weighted by atomic mass is 35.5. The molecule has 1 unspecified atom stereocenters. The number of thioether (sulfide) groups is 1. The van der Waals surface area contributed by atoms with Gasteiger partial charge in [0.2, 0.25) is 5.91 Å². The van der Waals surface area contributed by atoms with Crippen molar-refractivity contribution in [3.8, 4) is 0 Å². The van der Waals surface area contributed by atoms with Crippen LogP contribution in [-0.4, -0.2) is 16.1 Å². The van der Waals surface area contributed by atoms with Gasteiger partial charge in [-0.15, -0.1) is 11.8 Å². The molecule has 0 aliphatic rings. The van der Waals surface area contributed by atoms with Crippen molar-refractivity contribution in [2.45, 2.75) is 17.1 Å². The van der Waals surface area contributed by atoms with Crippen LogP contribution >= 0.6 is 23.4 Å². The molecule has 1 N–H and O–H groups in total. The van der Waals surface area contributed by atoms with Gasteiger partial charge in [-0.2, -0.15) is 0 Å². The van der Waals surface area contributed by atoms with E-state index in [9.17, 15) is 4.79 Å². The number of rotatable bonds is 4. The Bertz CT molecular complexity index is 836. The molecule has 1 amide bonds. The molecule has 116 valence electrons. The summed E-state index contributed by atoms with van der Waals surface area (Å²) in [4.78, 5) is 17.6. The van der Waals surface area contributed by atoms with Gasteiger partial charge in [0.1, 0.15) is 0 Å². The van der Waals surface area contributed by atoms with Gasteiger partial charge in [-0.05, 0) is 55.5 Å². The van der Waals surface area contributed by atoms with Crippen LogP contribution in [0.1, 0.15) is 6.92 Å². The minimum Gasteiger partial charge on any atom is -0.325 e. The lowest BCUT2D eigenvalue weighted by Gasteiger charge is -2.12. The average Bonchev–Trinajstić information content (AvgIpc) is 2.56. The predicted molar refractivity (Wildman–Crippen MR) is 97.1 cm³/mol. The second kappa shape index (κ2) is 7.02. The number of amides is 1. The molecule has 0 fully saturated rings. The van der Waals surface area contributed by atoms with Crippen molar-refractivity contribution in [1.29, 1.82) is 0 Å². The smallest absolute Gasteiger partial charge is 0.237 e. The van der Waals surface area contributed by atoms with Gasteiger partial charge in [-0.1, -0.05) is 17.7 Å². The Labute approximate surface area is 144 Å². The Balaban J connectivity index is 1.68. The third kappa shape index (κ3) is 4.03. The molecule has 5 heteroatoms. The monoisotopic (exact) mass is 342 g/mol. The second-order valence-corrected chi connectivity index (χ2v) is 6.96. The number of anilines is 1. The first kappa shape index (κ1) is 15.8. The number of carbonyl (C=O) groups is 1. The Morgan fingerprint density at radius 2 is 1.96 bits per heavy atom. The van der Waals surface area contributed by atoms with Crippen molar-refractivity contribution in [2.75, 3.05) is 5.32 Å². The largest absolute Gasteiger partial charge is 0.325 e. The number of nitrogens with zero attached hydrogens (tertiary/aromatic N) is 1. The molecule has 3 nitrogen and oxygen atoms in total. The van der Waals surface area contributed by atoms with Crippen LogP contribution in [0.5, 0.6) is 0 Å². The van der Waals surface area contributed by atoms with Crippen molar-refractivity contribution in [3.63, 3.8) is 0 Å². The van der Waals surface area contributed by atoms with E-state index in [1.54, 1.807) is 6.20 Å². The fourth-order valence-electron chi connectivity index (χ4n) is 2.17. The summed E-state index contributed by atoms with van der Waals surface area (Å²) in [5, 5.41) is 4.44. The van der Waals surface area contributed by atoms with Gasteiger partial charge in [0, 0.05) is 27.2 Å². The quantitative estimate of drug-likeness (QED) is 0.678. The summed E-state index contributed by atoms with van der Waals surface area (Å²) >= 11 is 7.37. The highest BCUT2D eigenvalue weighted by Crippen LogP contribution is 2.26. The van der Waals surface area contributed by atoms with E-state index in [1.807, 2.05) is 61.5 Å². The number of pyridine rings is 1. The molecule has 2 aromatic carbocycles. The van der Waals surface area contributed by atoms with E-state index >= 15 is 0 Å². The van der Waals surface area contributed by atoms with Crippen molar-refractivity contribution < 1.29 is 4.79 Å². The fourth-order valence-corrected chi connectivity index (χ4v) is 3.16. The first-order valence-electron chi connectivity index (χ1n) is 7.20. The molecule has 0 aliphatic carbocycles. The molecule has 1 atom stereocenters. The minimum absolute atomic E-state index is 0.0341. The summed E-state index contributed by atoms with van der Waals surface area (Å²) in [5.74, 6) is -0.0341. The lowest BCUT2D eigenvalue weighted by molar-refractivity contribution is -0.115.